The third-order valence-corrected chi connectivity index (χ3v) is 4.72. The summed E-state index contributed by atoms with van der Waals surface area (Å²) < 4.78 is 6.20. The maximum atomic E-state index is 12.4. The molecule has 1 aliphatic rings. The van der Waals surface area contributed by atoms with E-state index >= 15 is 0 Å². The Morgan fingerprint density at radius 2 is 2.11 bits per heavy atom. The van der Waals surface area contributed by atoms with Crippen LogP contribution in [-0.2, 0) is 0 Å². The van der Waals surface area contributed by atoms with Crippen LogP contribution in [0.3, 0.4) is 0 Å². The molecule has 2 amide bonds. The minimum Gasteiger partial charge on any atom is -0.488 e. The van der Waals surface area contributed by atoms with Crippen LogP contribution >= 0.6 is 0 Å². The topological polar surface area (TPSA) is 88.2 Å². The predicted octanol–water partition coefficient (Wildman–Crippen LogP) is 3.50. The lowest BCUT2D eigenvalue weighted by molar-refractivity contribution is 0.132. The first-order valence-electron chi connectivity index (χ1n) is 9.36. The zero-order valence-electron chi connectivity index (χ0n) is 16.1. The smallest absolute Gasteiger partial charge is 0.324 e. The van der Waals surface area contributed by atoms with Gasteiger partial charge in [-0.2, -0.15) is 0 Å². The van der Waals surface area contributed by atoms with Gasteiger partial charge in [-0.3, -0.25) is 10.3 Å². The van der Waals surface area contributed by atoms with Gasteiger partial charge >= 0.3 is 6.03 Å². The Labute approximate surface area is 159 Å². The molecule has 1 aromatic heterocycles. The van der Waals surface area contributed by atoms with Gasteiger partial charge in [0.05, 0.1) is 23.8 Å². The molecule has 2 aromatic rings. The number of carbonyl (C=O) groups is 1. The molecule has 7 heteroatoms. The molecule has 0 spiro atoms. The second-order valence-corrected chi connectivity index (χ2v) is 7.05. The highest BCUT2D eigenvalue weighted by molar-refractivity contribution is 6.00. The summed E-state index contributed by atoms with van der Waals surface area (Å²) in [4.78, 5) is 20.6. The van der Waals surface area contributed by atoms with Gasteiger partial charge in [0.25, 0.3) is 0 Å². The predicted molar refractivity (Wildman–Crippen MR) is 106 cm³/mol. The van der Waals surface area contributed by atoms with Crippen molar-refractivity contribution in [3.8, 4) is 5.75 Å². The lowest BCUT2D eigenvalue weighted by Crippen LogP contribution is -2.38. The molecule has 0 bridgehead atoms. The summed E-state index contributed by atoms with van der Waals surface area (Å²) >= 11 is 0. The number of benzene rings is 1. The molecule has 144 valence electrons. The van der Waals surface area contributed by atoms with Gasteiger partial charge in [0.2, 0.25) is 0 Å². The molecule has 3 N–H and O–H groups in total. The first-order valence-corrected chi connectivity index (χ1v) is 9.36. The fourth-order valence-corrected chi connectivity index (χ4v) is 3.15. The van der Waals surface area contributed by atoms with Crippen LogP contribution < -0.4 is 20.7 Å². The van der Waals surface area contributed by atoms with Crippen LogP contribution in [0.1, 0.15) is 31.0 Å². The van der Waals surface area contributed by atoms with Gasteiger partial charge in [-0.1, -0.05) is 6.07 Å². The van der Waals surface area contributed by atoms with E-state index < -0.39 is 0 Å². The van der Waals surface area contributed by atoms with E-state index in [4.69, 9.17) is 4.74 Å². The van der Waals surface area contributed by atoms with Gasteiger partial charge in [-0.25, -0.2) is 9.78 Å². The molecule has 1 fully saturated rings. The molecular formula is C20H27N5O2. The normalized spacial score (nSPS) is 17.8. The largest absolute Gasteiger partial charge is 0.488 e. The van der Waals surface area contributed by atoms with Crippen LogP contribution in [0.5, 0.6) is 5.75 Å². The zero-order chi connectivity index (χ0) is 19.2. The standard InChI is InChI=1S/C20H27N5O2/c1-13-6-7-18(27-15(3)16-5-4-8-21-11-16)17(9-13)24-20(26)25-19-12-22-14(2)10-23-19/h6-7,9-10,12,15-16,21H,4-5,8,11H2,1-3H3,(H2,23,24,25,26). The van der Waals surface area contributed by atoms with Crippen LogP contribution in [-0.4, -0.2) is 35.2 Å². The van der Waals surface area contributed by atoms with E-state index in [1.165, 1.54) is 6.20 Å². The lowest BCUT2D eigenvalue weighted by Gasteiger charge is -2.29. The quantitative estimate of drug-likeness (QED) is 0.751. The summed E-state index contributed by atoms with van der Waals surface area (Å²) in [5, 5.41) is 8.97. The van der Waals surface area contributed by atoms with E-state index in [0.29, 0.717) is 23.2 Å². The number of amides is 2. The van der Waals surface area contributed by atoms with Crippen molar-refractivity contribution in [2.24, 2.45) is 5.92 Å². The van der Waals surface area contributed by atoms with E-state index in [9.17, 15) is 4.79 Å². The van der Waals surface area contributed by atoms with Crippen LogP contribution in [0.25, 0.3) is 0 Å². The van der Waals surface area contributed by atoms with E-state index in [-0.39, 0.29) is 12.1 Å². The summed E-state index contributed by atoms with van der Waals surface area (Å²) in [6.07, 6.45) is 5.51. The lowest BCUT2D eigenvalue weighted by atomic mass is 9.94. The van der Waals surface area contributed by atoms with Gasteiger partial charge in [0, 0.05) is 12.5 Å². The summed E-state index contributed by atoms with van der Waals surface area (Å²) in [6, 6.07) is 5.41. The number of nitrogens with zero attached hydrogens (tertiary/aromatic N) is 2. The monoisotopic (exact) mass is 369 g/mol. The molecule has 1 aromatic carbocycles. The number of aromatic nitrogens is 2. The molecule has 0 aliphatic carbocycles. The Hall–Kier alpha value is -2.67. The molecule has 27 heavy (non-hydrogen) atoms. The van der Waals surface area contributed by atoms with Gasteiger partial charge in [-0.05, 0) is 57.9 Å². The fourth-order valence-electron chi connectivity index (χ4n) is 3.15. The van der Waals surface area contributed by atoms with Crippen LogP contribution in [0.2, 0.25) is 0 Å². The van der Waals surface area contributed by atoms with Gasteiger partial charge < -0.3 is 15.4 Å². The summed E-state index contributed by atoms with van der Waals surface area (Å²) in [5.74, 6) is 1.53. The molecule has 0 saturated carbocycles. The molecule has 7 nitrogen and oxygen atoms in total. The average Bonchev–Trinajstić information content (AvgIpc) is 2.66. The molecule has 2 unspecified atom stereocenters. The molecule has 1 saturated heterocycles. The number of hydrogen-bond donors (Lipinski definition) is 3. The highest BCUT2D eigenvalue weighted by Crippen LogP contribution is 2.29. The van der Waals surface area contributed by atoms with Crippen molar-refractivity contribution in [1.29, 1.82) is 0 Å². The minimum atomic E-state index is -0.379. The number of ether oxygens (including phenoxy) is 1. The number of hydrogen-bond acceptors (Lipinski definition) is 5. The van der Waals surface area contributed by atoms with Crippen molar-refractivity contribution in [3.05, 3.63) is 41.9 Å². The zero-order valence-corrected chi connectivity index (χ0v) is 16.1. The summed E-state index contributed by atoms with van der Waals surface area (Å²) in [7, 11) is 0. The van der Waals surface area contributed by atoms with Gasteiger partial charge in [-0.15, -0.1) is 0 Å². The van der Waals surface area contributed by atoms with Gasteiger partial charge in [0.15, 0.2) is 5.82 Å². The fraction of sp³-hybridized carbons (Fsp3) is 0.450. The van der Waals surface area contributed by atoms with Crippen molar-refractivity contribution in [1.82, 2.24) is 15.3 Å². The number of anilines is 2. The number of nitrogens with one attached hydrogen (secondary N) is 3. The third-order valence-electron chi connectivity index (χ3n) is 4.72. The average molecular weight is 369 g/mol. The van der Waals surface area contributed by atoms with Crippen molar-refractivity contribution in [3.63, 3.8) is 0 Å². The highest BCUT2D eigenvalue weighted by Gasteiger charge is 2.22. The maximum Gasteiger partial charge on any atom is 0.324 e. The first kappa shape index (κ1) is 19.1. The number of piperidine rings is 1. The van der Waals surface area contributed by atoms with Crippen LogP contribution in [0.4, 0.5) is 16.3 Å². The first-order chi connectivity index (χ1) is 13.0. The van der Waals surface area contributed by atoms with Gasteiger partial charge in [0.1, 0.15) is 11.9 Å². The number of aryl methyl sites for hydroxylation is 2. The number of urea groups is 1. The third kappa shape index (κ3) is 5.40. The Bertz CT molecular complexity index is 772. The Morgan fingerprint density at radius 3 is 2.81 bits per heavy atom. The van der Waals surface area contributed by atoms with E-state index in [1.54, 1.807) is 6.20 Å². The molecule has 2 heterocycles. The molecule has 1 aliphatic heterocycles. The minimum absolute atomic E-state index is 0.0621. The Balaban J connectivity index is 1.67. The van der Waals surface area contributed by atoms with E-state index in [2.05, 4.69) is 32.8 Å². The molecule has 3 rings (SSSR count). The molecule has 0 radical (unpaired) electrons. The second-order valence-electron chi connectivity index (χ2n) is 7.05. The molecular weight excluding hydrogens is 342 g/mol. The van der Waals surface area contributed by atoms with Crippen LogP contribution in [0, 0.1) is 19.8 Å². The SMILES string of the molecule is Cc1ccc(OC(C)C2CCCNC2)c(NC(=O)Nc2cnc(C)cn2)c1. The highest BCUT2D eigenvalue weighted by atomic mass is 16.5. The van der Waals surface area contributed by atoms with Crippen molar-refractivity contribution in [2.75, 3.05) is 23.7 Å². The van der Waals surface area contributed by atoms with Crippen molar-refractivity contribution in [2.45, 2.75) is 39.7 Å². The van der Waals surface area contributed by atoms with Crippen molar-refractivity contribution >= 4 is 17.5 Å². The van der Waals surface area contributed by atoms with Crippen molar-refractivity contribution < 1.29 is 9.53 Å². The Morgan fingerprint density at radius 1 is 1.26 bits per heavy atom. The Kier molecular flexibility index (Phi) is 6.24. The number of rotatable bonds is 5. The van der Waals surface area contributed by atoms with Crippen LogP contribution in [0.15, 0.2) is 30.6 Å². The van der Waals surface area contributed by atoms with E-state index in [1.807, 2.05) is 32.0 Å². The maximum absolute atomic E-state index is 12.4. The summed E-state index contributed by atoms with van der Waals surface area (Å²) in [6.45, 7) is 7.94. The second kappa shape index (κ2) is 8.81. The number of carbonyl (C=O) groups excluding carboxylic acids is 1. The summed E-state index contributed by atoms with van der Waals surface area (Å²) in [5.41, 5.74) is 2.48. The van der Waals surface area contributed by atoms with E-state index in [0.717, 1.165) is 37.2 Å². The molecule has 2 atom stereocenters.